The van der Waals surface area contributed by atoms with Crippen molar-refractivity contribution >= 4 is 13.4 Å². The van der Waals surface area contributed by atoms with Gasteiger partial charge in [0.1, 0.15) is 0 Å². The summed E-state index contributed by atoms with van der Waals surface area (Å²) in [7, 11) is 7.95. The molecule has 0 spiro atoms. The fourth-order valence-corrected chi connectivity index (χ4v) is 16.2. The van der Waals surface area contributed by atoms with Crippen LogP contribution in [0.2, 0.25) is 0 Å². The van der Waals surface area contributed by atoms with Gasteiger partial charge in [-0.15, -0.1) is 0 Å². The fourth-order valence-electron chi connectivity index (χ4n) is 5.38. The van der Waals surface area contributed by atoms with Gasteiger partial charge in [-0.2, -0.15) is 0 Å². The summed E-state index contributed by atoms with van der Waals surface area (Å²) in [6.07, 6.45) is 1.49. The number of nitrogens with one attached hydrogen (secondary N) is 1. The molecule has 4 nitrogen and oxygen atoms in total. The maximum atomic E-state index is 7.92. The molecule has 0 aromatic carbocycles. The molecule has 0 aliphatic carbocycles. The molecule has 5 heteroatoms. The normalized spacial score (nSPS) is 16.4. The van der Waals surface area contributed by atoms with Crippen LogP contribution in [-0.2, 0) is 0 Å². The van der Waals surface area contributed by atoms with E-state index in [4.69, 9.17) is 5.41 Å². The van der Waals surface area contributed by atoms with E-state index in [0.717, 1.165) is 0 Å². The van der Waals surface area contributed by atoms with Gasteiger partial charge in [-0.25, -0.2) is 0 Å². The molecule has 116 valence electrons. The summed E-state index contributed by atoms with van der Waals surface area (Å²) in [5, 5.41) is 7.95. The standard InChI is InChI=1S/C14H35N4P/c1-13(2,3)19(16(7)8,17(9)10,14(4,5)6)18(11)12-15/h12,15H,1-11H3. The van der Waals surface area contributed by atoms with Crippen LogP contribution in [0.15, 0.2) is 0 Å². The van der Waals surface area contributed by atoms with E-state index in [1.807, 2.05) is 0 Å². The van der Waals surface area contributed by atoms with Crippen molar-refractivity contribution in [3.63, 3.8) is 0 Å². The van der Waals surface area contributed by atoms with Crippen molar-refractivity contribution in [3.05, 3.63) is 0 Å². The minimum absolute atomic E-state index is 0.0170. The Bertz CT molecular complexity index is 310. The number of nitrogens with zero attached hydrogens (tertiary/aromatic N) is 3. The molecule has 0 aliphatic rings. The zero-order valence-corrected chi connectivity index (χ0v) is 15.8. The Balaban J connectivity index is 6.98. The third kappa shape index (κ3) is 1.80. The first-order valence-electron chi connectivity index (χ1n) is 6.83. The van der Waals surface area contributed by atoms with Gasteiger partial charge >= 0.3 is 120 Å². The Hall–Kier alpha value is -0.180. The Morgan fingerprint density at radius 2 is 1.00 bits per heavy atom. The quantitative estimate of drug-likeness (QED) is 0.488. The van der Waals surface area contributed by atoms with E-state index in [-0.39, 0.29) is 10.3 Å². The van der Waals surface area contributed by atoms with E-state index in [1.54, 1.807) is 0 Å². The van der Waals surface area contributed by atoms with Gasteiger partial charge in [0, 0.05) is 0 Å². The van der Waals surface area contributed by atoms with Crippen molar-refractivity contribution in [3.8, 4) is 0 Å². The van der Waals surface area contributed by atoms with Crippen LogP contribution in [0.1, 0.15) is 41.5 Å². The Labute approximate surface area is 120 Å². The summed E-state index contributed by atoms with van der Waals surface area (Å²) in [6, 6.07) is 0. The average Bonchev–Trinajstić information content (AvgIpc) is 2.12. The van der Waals surface area contributed by atoms with Gasteiger partial charge in [0.05, 0.1) is 0 Å². The van der Waals surface area contributed by atoms with Crippen LogP contribution < -0.4 is 0 Å². The monoisotopic (exact) mass is 290 g/mol. The van der Waals surface area contributed by atoms with Crippen LogP contribution in [0.4, 0.5) is 0 Å². The van der Waals surface area contributed by atoms with Gasteiger partial charge in [-0.1, -0.05) is 0 Å². The summed E-state index contributed by atoms with van der Waals surface area (Å²) in [5.41, 5.74) is 0. The Morgan fingerprint density at radius 3 is 1.05 bits per heavy atom. The molecule has 0 unspecified atom stereocenters. The molecule has 1 N–H and O–H groups in total. The minimum atomic E-state index is -2.75. The van der Waals surface area contributed by atoms with E-state index in [2.05, 4.69) is 90.8 Å². The molecule has 19 heavy (non-hydrogen) atoms. The van der Waals surface area contributed by atoms with Crippen LogP contribution in [-0.4, -0.2) is 65.9 Å². The SMILES string of the molecule is CN(C)P(N(C)C)(N(C)C=N)(C(C)(C)C)C(C)(C)C. The molecule has 0 atom stereocenters. The van der Waals surface area contributed by atoms with Crippen molar-refractivity contribution in [1.82, 2.24) is 14.0 Å². The summed E-state index contributed by atoms with van der Waals surface area (Å²) in [4.78, 5) is 0. The first-order valence-corrected chi connectivity index (χ1v) is 8.92. The van der Waals surface area contributed by atoms with Gasteiger partial charge in [-0.05, 0) is 0 Å². The van der Waals surface area contributed by atoms with Crippen molar-refractivity contribution in [2.75, 3.05) is 35.2 Å². The van der Waals surface area contributed by atoms with Crippen molar-refractivity contribution in [2.45, 2.75) is 51.9 Å². The first kappa shape index (κ1) is 18.8. The molecule has 0 heterocycles. The number of rotatable bonds is 4. The van der Waals surface area contributed by atoms with Gasteiger partial charge < -0.3 is 0 Å². The first-order chi connectivity index (χ1) is 8.22. The van der Waals surface area contributed by atoms with Crippen molar-refractivity contribution in [2.24, 2.45) is 0 Å². The van der Waals surface area contributed by atoms with Gasteiger partial charge in [0.15, 0.2) is 0 Å². The molecular formula is C14H35N4P. The molecule has 0 rings (SSSR count). The summed E-state index contributed by atoms with van der Waals surface area (Å²) < 4.78 is 6.94. The summed E-state index contributed by atoms with van der Waals surface area (Å²) in [5.74, 6) is 0. The van der Waals surface area contributed by atoms with Gasteiger partial charge in [-0.3, -0.25) is 0 Å². The average molecular weight is 290 g/mol. The predicted molar refractivity (Wildman–Crippen MR) is 90.3 cm³/mol. The second-order valence-electron chi connectivity index (χ2n) is 7.72. The molecular weight excluding hydrogens is 255 g/mol. The molecule has 0 radical (unpaired) electrons. The zero-order chi connectivity index (χ0) is 15.9. The van der Waals surface area contributed by atoms with E-state index >= 15 is 0 Å². The van der Waals surface area contributed by atoms with E-state index < -0.39 is 7.06 Å². The van der Waals surface area contributed by atoms with Crippen LogP contribution in [0.3, 0.4) is 0 Å². The van der Waals surface area contributed by atoms with Crippen LogP contribution >= 0.6 is 7.06 Å². The summed E-state index contributed by atoms with van der Waals surface area (Å²) in [6.45, 7) is 13.8. The third-order valence-corrected chi connectivity index (χ3v) is 14.1. The molecule has 0 aromatic rings. The predicted octanol–water partition coefficient (Wildman–Crippen LogP) is 3.54. The fraction of sp³-hybridized carbons (Fsp3) is 0.929. The second kappa shape index (κ2) is 4.98. The molecule has 0 aliphatic heterocycles. The van der Waals surface area contributed by atoms with Gasteiger partial charge in [0.2, 0.25) is 0 Å². The molecule has 0 fully saturated rings. The maximum absolute atomic E-state index is 7.92. The van der Waals surface area contributed by atoms with Crippen molar-refractivity contribution in [1.29, 1.82) is 5.41 Å². The van der Waals surface area contributed by atoms with E-state index in [1.165, 1.54) is 6.34 Å². The zero-order valence-electron chi connectivity index (χ0n) is 14.9. The molecule has 0 saturated carbocycles. The van der Waals surface area contributed by atoms with Crippen LogP contribution in [0.5, 0.6) is 0 Å². The van der Waals surface area contributed by atoms with Crippen molar-refractivity contribution < 1.29 is 0 Å². The topological polar surface area (TPSA) is 33.6 Å². The second-order valence-corrected chi connectivity index (χ2v) is 14.6. The molecule has 0 aromatic heterocycles. The number of hydrogen-bond acceptors (Lipinski definition) is 3. The van der Waals surface area contributed by atoms with E-state index in [0.29, 0.717) is 0 Å². The molecule has 0 saturated heterocycles. The van der Waals surface area contributed by atoms with Crippen LogP contribution in [0, 0.1) is 5.41 Å². The van der Waals surface area contributed by atoms with Crippen LogP contribution in [0.25, 0.3) is 0 Å². The number of hydrogen-bond donors (Lipinski definition) is 1. The summed E-state index contributed by atoms with van der Waals surface area (Å²) >= 11 is 0. The Morgan fingerprint density at radius 1 is 0.737 bits per heavy atom. The van der Waals surface area contributed by atoms with Gasteiger partial charge in [0.25, 0.3) is 0 Å². The van der Waals surface area contributed by atoms with E-state index in [9.17, 15) is 0 Å². The molecule has 0 bridgehead atoms. The Kier molecular flexibility index (Phi) is 4.93. The molecule has 0 amide bonds. The third-order valence-electron chi connectivity index (χ3n) is 4.77.